The van der Waals surface area contributed by atoms with E-state index in [1.54, 1.807) is 6.07 Å². The van der Waals surface area contributed by atoms with Crippen molar-refractivity contribution in [2.24, 2.45) is 0 Å². The van der Waals surface area contributed by atoms with Gasteiger partial charge in [-0.25, -0.2) is 0 Å². The molecule has 0 bridgehead atoms. The van der Waals surface area contributed by atoms with Gasteiger partial charge in [-0.15, -0.1) is 0 Å². The Hall–Kier alpha value is -2.87. The predicted molar refractivity (Wildman–Crippen MR) is 73.8 cm³/mol. The van der Waals surface area contributed by atoms with Crippen molar-refractivity contribution in [3.8, 4) is 17.6 Å². The lowest BCUT2D eigenvalue weighted by Gasteiger charge is -2.09. The molecule has 0 amide bonds. The molecule has 0 aliphatic carbocycles. The minimum atomic E-state index is -0.519. The lowest BCUT2D eigenvalue weighted by atomic mass is 10.1. The Morgan fingerprint density at radius 3 is 2.50 bits per heavy atom. The van der Waals surface area contributed by atoms with Gasteiger partial charge in [-0.1, -0.05) is 6.07 Å². The Bertz CT molecular complexity index is 718. The molecule has 0 aliphatic heterocycles. The highest BCUT2D eigenvalue weighted by Crippen LogP contribution is 2.29. The molecule has 0 spiro atoms. The average Bonchev–Trinajstić information content (AvgIpc) is 2.42. The molecule has 0 heterocycles. The van der Waals surface area contributed by atoms with Gasteiger partial charge < -0.3 is 4.74 Å². The molecule has 5 nitrogen and oxygen atoms in total. The monoisotopic (exact) mass is 268 g/mol. The number of ether oxygens (including phenoxy) is 1. The molecule has 0 N–H and O–H groups in total. The molecule has 0 aromatic heterocycles. The van der Waals surface area contributed by atoms with Crippen molar-refractivity contribution in [1.82, 2.24) is 0 Å². The number of nitro groups is 1. The van der Waals surface area contributed by atoms with Gasteiger partial charge >= 0.3 is 0 Å². The highest BCUT2D eigenvalue weighted by molar-refractivity contribution is 5.52. The van der Waals surface area contributed by atoms with E-state index < -0.39 is 4.92 Å². The lowest BCUT2D eigenvalue weighted by molar-refractivity contribution is -0.384. The largest absolute Gasteiger partial charge is 0.456 e. The Labute approximate surface area is 116 Å². The molecule has 0 fully saturated rings. The molecule has 100 valence electrons. The average molecular weight is 268 g/mol. The second kappa shape index (κ2) is 5.41. The molecule has 20 heavy (non-hydrogen) atoms. The van der Waals surface area contributed by atoms with Crippen LogP contribution in [-0.2, 0) is 0 Å². The smallest absolute Gasteiger partial charge is 0.273 e. The van der Waals surface area contributed by atoms with Crippen molar-refractivity contribution in [3.05, 3.63) is 63.2 Å². The van der Waals surface area contributed by atoms with E-state index in [2.05, 4.69) is 0 Å². The first-order valence-electron chi connectivity index (χ1n) is 5.95. The molecule has 2 rings (SSSR count). The van der Waals surface area contributed by atoms with Gasteiger partial charge in [0.15, 0.2) is 5.75 Å². The Morgan fingerprint density at radius 1 is 1.15 bits per heavy atom. The van der Waals surface area contributed by atoms with E-state index in [-0.39, 0.29) is 17.0 Å². The van der Waals surface area contributed by atoms with Crippen molar-refractivity contribution in [1.29, 1.82) is 5.26 Å². The summed E-state index contributed by atoms with van der Waals surface area (Å²) in [4.78, 5) is 10.3. The van der Waals surface area contributed by atoms with E-state index in [1.165, 1.54) is 18.2 Å². The van der Waals surface area contributed by atoms with Crippen molar-refractivity contribution in [2.45, 2.75) is 13.8 Å². The van der Waals surface area contributed by atoms with Crippen molar-refractivity contribution < 1.29 is 9.66 Å². The van der Waals surface area contributed by atoms with Crippen LogP contribution in [0.25, 0.3) is 0 Å². The third kappa shape index (κ3) is 2.75. The first kappa shape index (κ1) is 13.6. The fourth-order valence-electron chi connectivity index (χ4n) is 1.71. The third-order valence-corrected chi connectivity index (χ3v) is 3.00. The number of benzene rings is 2. The summed E-state index contributed by atoms with van der Waals surface area (Å²) >= 11 is 0. The molecule has 2 aromatic carbocycles. The quantitative estimate of drug-likeness (QED) is 0.625. The molecule has 0 saturated heterocycles. The van der Waals surface area contributed by atoms with Gasteiger partial charge in [0.2, 0.25) is 0 Å². The number of non-ortho nitro benzene ring substituents is 1. The van der Waals surface area contributed by atoms with Gasteiger partial charge in [0.05, 0.1) is 16.6 Å². The maximum atomic E-state index is 10.8. The number of hydrogen-bond donors (Lipinski definition) is 0. The van der Waals surface area contributed by atoms with Crippen LogP contribution in [0.2, 0.25) is 0 Å². The summed E-state index contributed by atoms with van der Waals surface area (Å²) in [7, 11) is 0. The molecule has 0 unspecified atom stereocenters. The molecular weight excluding hydrogens is 256 g/mol. The summed E-state index contributed by atoms with van der Waals surface area (Å²) in [6.07, 6.45) is 0. The zero-order valence-electron chi connectivity index (χ0n) is 11.1. The van der Waals surface area contributed by atoms with Crippen LogP contribution in [0.15, 0.2) is 36.4 Å². The summed E-state index contributed by atoms with van der Waals surface area (Å²) < 4.78 is 5.60. The Balaban J connectivity index is 2.41. The molecule has 2 aromatic rings. The normalized spacial score (nSPS) is 9.85. The number of aryl methyl sites for hydroxylation is 2. The van der Waals surface area contributed by atoms with Gasteiger partial charge in [-0.3, -0.25) is 10.1 Å². The Morgan fingerprint density at radius 2 is 1.90 bits per heavy atom. The summed E-state index contributed by atoms with van der Waals surface area (Å²) in [6, 6.07) is 11.4. The summed E-state index contributed by atoms with van der Waals surface area (Å²) in [5, 5.41) is 19.8. The van der Waals surface area contributed by atoms with Gasteiger partial charge in [-0.2, -0.15) is 5.26 Å². The highest BCUT2D eigenvalue weighted by Gasteiger charge is 2.12. The van der Waals surface area contributed by atoms with E-state index in [4.69, 9.17) is 10.00 Å². The fourth-order valence-corrected chi connectivity index (χ4v) is 1.71. The number of nitriles is 1. The van der Waals surface area contributed by atoms with E-state index in [0.717, 1.165) is 11.1 Å². The molecule has 5 heteroatoms. The maximum Gasteiger partial charge on any atom is 0.273 e. The number of nitro benzene ring substituents is 1. The number of nitrogens with zero attached hydrogens (tertiary/aromatic N) is 2. The molecule has 0 aliphatic rings. The van der Waals surface area contributed by atoms with E-state index >= 15 is 0 Å². The summed E-state index contributed by atoms with van der Waals surface area (Å²) in [6.45, 7) is 3.92. The minimum Gasteiger partial charge on any atom is -0.456 e. The van der Waals surface area contributed by atoms with Crippen LogP contribution in [0.5, 0.6) is 11.5 Å². The van der Waals surface area contributed by atoms with Gasteiger partial charge in [-0.05, 0) is 43.2 Å². The zero-order chi connectivity index (χ0) is 14.7. The molecular formula is C15H12N2O3. The summed E-state index contributed by atoms with van der Waals surface area (Å²) in [5.74, 6) is 0.732. The van der Waals surface area contributed by atoms with E-state index in [0.29, 0.717) is 5.75 Å². The van der Waals surface area contributed by atoms with Crippen molar-refractivity contribution in [3.63, 3.8) is 0 Å². The summed E-state index contributed by atoms with van der Waals surface area (Å²) in [5.41, 5.74) is 2.32. The number of rotatable bonds is 3. The second-order valence-electron chi connectivity index (χ2n) is 4.40. The Kier molecular flexibility index (Phi) is 3.67. The van der Waals surface area contributed by atoms with Crippen molar-refractivity contribution in [2.75, 3.05) is 0 Å². The lowest BCUT2D eigenvalue weighted by Crippen LogP contribution is -1.93. The third-order valence-electron chi connectivity index (χ3n) is 3.00. The van der Waals surface area contributed by atoms with E-state index in [1.807, 2.05) is 32.0 Å². The molecule has 0 radical (unpaired) electrons. The van der Waals surface area contributed by atoms with Crippen molar-refractivity contribution >= 4 is 5.69 Å². The fraction of sp³-hybridized carbons (Fsp3) is 0.133. The minimum absolute atomic E-state index is 0.108. The van der Waals surface area contributed by atoms with Crippen LogP contribution in [0.4, 0.5) is 5.69 Å². The van der Waals surface area contributed by atoms with Crippen LogP contribution in [0.1, 0.15) is 16.7 Å². The molecule has 0 atom stereocenters. The molecule has 0 saturated carbocycles. The second-order valence-corrected chi connectivity index (χ2v) is 4.40. The standard InChI is InChI=1S/C15H12N2O3/c1-10-3-6-14(7-11(10)2)20-15-8-13(17(18)19)5-4-12(15)9-16/h3-8H,1-2H3. The van der Waals surface area contributed by atoms with Gasteiger partial charge in [0.1, 0.15) is 11.8 Å². The SMILES string of the molecule is Cc1ccc(Oc2cc([N+](=O)[O-])ccc2C#N)cc1C. The first-order chi connectivity index (χ1) is 9.51. The highest BCUT2D eigenvalue weighted by atomic mass is 16.6. The van der Waals surface area contributed by atoms with Gasteiger partial charge in [0, 0.05) is 6.07 Å². The van der Waals surface area contributed by atoms with E-state index in [9.17, 15) is 10.1 Å². The predicted octanol–water partition coefficient (Wildman–Crippen LogP) is 3.88. The van der Waals surface area contributed by atoms with Crippen LogP contribution in [-0.4, -0.2) is 4.92 Å². The van der Waals surface area contributed by atoms with Crippen LogP contribution >= 0.6 is 0 Å². The van der Waals surface area contributed by atoms with Crippen LogP contribution < -0.4 is 4.74 Å². The topological polar surface area (TPSA) is 76.2 Å². The number of hydrogen-bond acceptors (Lipinski definition) is 4. The zero-order valence-corrected chi connectivity index (χ0v) is 11.1. The van der Waals surface area contributed by atoms with Crippen LogP contribution in [0.3, 0.4) is 0 Å². The maximum absolute atomic E-state index is 10.8. The van der Waals surface area contributed by atoms with Crippen LogP contribution in [0, 0.1) is 35.3 Å². The van der Waals surface area contributed by atoms with Gasteiger partial charge in [0.25, 0.3) is 5.69 Å². The first-order valence-corrected chi connectivity index (χ1v) is 5.95.